The van der Waals surface area contributed by atoms with Crippen LogP contribution in [0, 0.1) is 12.8 Å². The molecule has 1 aromatic rings. The Morgan fingerprint density at radius 2 is 2.41 bits per heavy atom. The fourth-order valence-electron chi connectivity index (χ4n) is 2.32. The van der Waals surface area contributed by atoms with Crippen LogP contribution in [-0.4, -0.2) is 27.6 Å². The number of hydrogen-bond acceptors (Lipinski definition) is 4. The lowest BCUT2D eigenvalue weighted by molar-refractivity contribution is -0.138. The molecule has 0 aromatic carbocycles. The normalized spacial score (nSPS) is 24.5. The van der Waals surface area contributed by atoms with Gasteiger partial charge in [-0.3, -0.25) is 4.79 Å². The number of aryl methyl sites for hydroxylation is 1. The highest BCUT2D eigenvalue weighted by atomic mass is 16.4. The van der Waals surface area contributed by atoms with Crippen molar-refractivity contribution in [2.75, 3.05) is 6.54 Å². The summed E-state index contributed by atoms with van der Waals surface area (Å²) >= 11 is 0. The minimum atomic E-state index is -0.713. The summed E-state index contributed by atoms with van der Waals surface area (Å²) < 4.78 is 0. The molecule has 1 aromatic heterocycles. The maximum Gasteiger partial charge on any atom is 0.303 e. The quantitative estimate of drug-likeness (QED) is 0.826. The monoisotopic (exact) mass is 235 g/mol. The molecule has 2 heterocycles. The Hall–Kier alpha value is -1.49. The molecule has 92 valence electrons. The molecule has 1 fully saturated rings. The maximum absolute atomic E-state index is 10.7. The Kier molecular flexibility index (Phi) is 3.68. The number of piperidine rings is 1. The van der Waals surface area contributed by atoms with Gasteiger partial charge in [-0.15, -0.1) is 0 Å². The number of rotatable bonds is 3. The fraction of sp³-hybridized carbons (Fsp3) is 0.583. The molecule has 2 atom stereocenters. The summed E-state index contributed by atoms with van der Waals surface area (Å²) in [6, 6.07) is 2.12. The molecule has 5 nitrogen and oxygen atoms in total. The molecule has 2 N–H and O–H groups in total. The molecule has 0 aliphatic carbocycles. The Balaban J connectivity index is 2.04. The molecule has 0 amide bonds. The number of carboxylic acids is 1. The molecule has 1 aliphatic heterocycles. The van der Waals surface area contributed by atoms with Gasteiger partial charge in [-0.1, -0.05) is 0 Å². The van der Waals surface area contributed by atoms with E-state index in [0.29, 0.717) is 0 Å². The van der Waals surface area contributed by atoms with Crippen LogP contribution in [0.3, 0.4) is 0 Å². The second-order valence-electron chi connectivity index (χ2n) is 4.58. The van der Waals surface area contributed by atoms with E-state index in [-0.39, 0.29) is 18.4 Å². The summed E-state index contributed by atoms with van der Waals surface area (Å²) in [6.07, 6.45) is 3.57. The van der Waals surface area contributed by atoms with Gasteiger partial charge in [0.15, 0.2) is 0 Å². The lowest BCUT2D eigenvalue weighted by Gasteiger charge is -2.29. The van der Waals surface area contributed by atoms with Gasteiger partial charge >= 0.3 is 5.97 Å². The summed E-state index contributed by atoms with van der Waals surface area (Å²) in [4.78, 5) is 19.0. The van der Waals surface area contributed by atoms with Crippen molar-refractivity contribution in [2.24, 2.45) is 5.92 Å². The van der Waals surface area contributed by atoms with Gasteiger partial charge in [-0.25, -0.2) is 9.97 Å². The fourth-order valence-corrected chi connectivity index (χ4v) is 2.32. The predicted molar refractivity (Wildman–Crippen MR) is 62.5 cm³/mol. The topological polar surface area (TPSA) is 75.1 Å². The van der Waals surface area contributed by atoms with E-state index < -0.39 is 5.97 Å². The first-order valence-corrected chi connectivity index (χ1v) is 5.89. The SMILES string of the molecule is Cc1cc(C2CC(CC(=O)O)CCN2)ncn1. The summed E-state index contributed by atoms with van der Waals surface area (Å²) in [5.74, 6) is -0.469. The van der Waals surface area contributed by atoms with Gasteiger partial charge in [0.1, 0.15) is 6.33 Å². The number of aliphatic carboxylic acids is 1. The van der Waals surface area contributed by atoms with Gasteiger partial charge in [-0.05, 0) is 38.3 Å². The van der Waals surface area contributed by atoms with E-state index in [1.54, 1.807) is 6.33 Å². The molecule has 1 saturated heterocycles. The zero-order valence-electron chi connectivity index (χ0n) is 9.89. The number of nitrogens with one attached hydrogen (secondary N) is 1. The molecule has 5 heteroatoms. The van der Waals surface area contributed by atoms with E-state index in [2.05, 4.69) is 15.3 Å². The Morgan fingerprint density at radius 3 is 3.12 bits per heavy atom. The summed E-state index contributed by atoms with van der Waals surface area (Å²) in [6.45, 7) is 2.79. The first-order chi connectivity index (χ1) is 8.15. The van der Waals surface area contributed by atoms with Crippen LogP contribution >= 0.6 is 0 Å². The van der Waals surface area contributed by atoms with Crippen LogP contribution < -0.4 is 5.32 Å². The number of carbonyl (C=O) groups is 1. The van der Waals surface area contributed by atoms with E-state index in [0.717, 1.165) is 30.8 Å². The van der Waals surface area contributed by atoms with Crippen molar-refractivity contribution in [2.45, 2.75) is 32.2 Å². The molecular formula is C12H17N3O2. The Labute approximate surface area is 100 Å². The van der Waals surface area contributed by atoms with Gasteiger partial charge in [0, 0.05) is 18.2 Å². The van der Waals surface area contributed by atoms with Crippen molar-refractivity contribution >= 4 is 5.97 Å². The molecule has 0 saturated carbocycles. The first-order valence-electron chi connectivity index (χ1n) is 5.89. The van der Waals surface area contributed by atoms with Crippen LogP contribution in [0.4, 0.5) is 0 Å². The van der Waals surface area contributed by atoms with E-state index >= 15 is 0 Å². The molecular weight excluding hydrogens is 218 g/mol. The highest BCUT2D eigenvalue weighted by Crippen LogP contribution is 2.28. The van der Waals surface area contributed by atoms with Crippen LogP contribution in [0.15, 0.2) is 12.4 Å². The maximum atomic E-state index is 10.7. The van der Waals surface area contributed by atoms with Crippen LogP contribution in [0.1, 0.15) is 36.7 Å². The number of carboxylic acid groups (broad SMARTS) is 1. The predicted octanol–water partition coefficient (Wildman–Crippen LogP) is 1.30. The highest BCUT2D eigenvalue weighted by molar-refractivity contribution is 5.67. The van der Waals surface area contributed by atoms with Gasteiger partial charge in [0.25, 0.3) is 0 Å². The van der Waals surface area contributed by atoms with Crippen LogP contribution in [0.5, 0.6) is 0 Å². The first kappa shape index (κ1) is 12.0. The van der Waals surface area contributed by atoms with Crippen LogP contribution in [0.25, 0.3) is 0 Å². The number of aromatic nitrogens is 2. The summed E-state index contributed by atoms with van der Waals surface area (Å²) in [7, 11) is 0. The van der Waals surface area contributed by atoms with E-state index in [1.807, 2.05) is 13.0 Å². The minimum Gasteiger partial charge on any atom is -0.481 e. The largest absolute Gasteiger partial charge is 0.481 e. The highest BCUT2D eigenvalue weighted by Gasteiger charge is 2.25. The third-order valence-corrected chi connectivity index (χ3v) is 3.16. The Morgan fingerprint density at radius 1 is 1.59 bits per heavy atom. The zero-order valence-corrected chi connectivity index (χ0v) is 9.89. The van der Waals surface area contributed by atoms with Gasteiger partial charge in [0.2, 0.25) is 0 Å². The standard InChI is InChI=1S/C12H17N3O2/c1-8-4-10(15-7-14-8)11-5-9(2-3-13-11)6-12(16)17/h4,7,9,11,13H,2-3,5-6H2,1H3,(H,16,17). The average molecular weight is 235 g/mol. The van der Waals surface area contributed by atoms with E-state index in [1.165, 1.54) is 0 Å². The summed E-state index contributed by atoms with van der Waals surface area (Å²) in [5, 5.41) is 12.2. The Bertz CT molecular complexity index is 408. The second-order valence-corrected chi connectivity index (χ2v) is 4.58. The molecule has 0 bridgehead atoms. The van der Waals surface area contributed by atoms with Gasteiger partial charge < -0.3 is 10.4 Å². The van der Waals surface area contributed by atoms with Crippen molar-refractivity contribution in [1.29, 1.82) is 0 Å². The van der Waals surface area contributed by atoms with Crippen molar-refractivity contribution < 1.29 is 9.90 Å². The molecule has 17 heavy (non-hydrogen) atoms. The van der Waals surface area contributed by atoms with Crippen molar-refractivity contribution in [1.82, 2.24) is 15.3 Å². The van der Waals surface area contributed by atoms with Crippen LogP contribution in [0.2, 0.25) is 0 Å². The molecule has 1 aliphatic rings. The lowest BCUT2D eigenvalue weighted by Crippen LogP contribution is -2.33. The number of nitrogens with zero attached hydrogens (tertiary/aromatic N) is 2. The lowest BCUT2D eigenvalue weighted by atomic mass is 9.88. The number of hydrogen-bond donors (Lipinski definition) is 2. The minimum absolute atomic E-state index is 0.162. The van der Waals surface area contributed by atoms with E-state index in [4.69, 9.17) is 5.11 Å². The van der Waals surface area contributed by atoms with Crippen LogP contribution in [-0.2, 0) is 4.79 Å². The summed E-state index contributed by atoms with van der Waals surface area (Å²) in [5.41, 5.74) is 1.91. The third kappa shape index (κ3) is 3.23. The van der Waals surface area contributed by atoms with Gasteiger partial charge in [-0.2, -0.15) is 0 Å². The molecule has 0 spiro atoms. The van der Waals surface area contributed by atoms with E-state index in [9.17, 15) is 4.79 Å². The third-order valence-electron chi connectivity index (χ3n) is 3.16. The molecule has 2 rings (SSSR count). The van der Waals surface area contributed by atoms with Gasteiger partial charge in [0.05, 0.1) is 5.69 Å². The van der Waals surface area contributed by atoms with Crippen molar-refractivity contribution in [3.05, 3.63) is 23.8 Å². The zero-order chi connectivity index (χ0) is 12.3. The molecule has 0 radical (unpaired) electrons. The molecule has 2 unspecified atom stereocenters. The smallest absolute Gasteiger partial charge is 0.303 e. The van der Waals surface area contributed by atoms with Crippen molar-refractivity contribution in [3.63, 3.8) is 0 Å². The van der Waals surface area contributed by atoms with Crippen molar-refractivity contribution in [3.8, 4) is 0 Å². The average Bonchev–Trinajstić information content (AvgIpc) is 2.28. The second kappa shape index (κ2) is 5.23.